The molecule has 0 radical (unpaired) electrons. The average molecular weight is 705 g/mol. The van der Waals surface area contributed by atoms with Gasteiger partial charge in [0.2, 0.25) is 0 Å². The van der Waals surface area contributed by atoms with Gasteiger partial charge in [0, 0.05) is 5.41 Å². The third-order valence-corrected chi connectivity index (χ3v) is 12.7. The number of unbranched alkanes of at least 4 members (excludes halogenated alkanes) is 22. The van der Waals surface area contributed by atoms with Crippen LogP contribution in [0.25, 0.3) is 0 Å². The van der Waals surface area contributed by atoms with Gasteiger partial charge in [-0.15, -0.1) is 0 Å². The lowest BCUT2D eigenvalue weighted by molar-refractivity contribution is -0.192. The number of hydrogen-bond acceptors (Lipinski definition) is 3. The molecule has 0 bridgehead atoms. The van der Waals surface area contributed by atoms with Crippen LogP contribution in [-0.2, 0) is 14.3 Å². The summed E-state index contributed by atoms with van der Waals surface area (Å²) in [5.74, 6) is -1.51. The molecule has 0 aromatic carbocycles. The number of carboxylic acids is 1. The van der Waals surface area contributed by atoms with Crippen molar-refractivity contribution in [2.75, 3.05) is 0 Å². The van der Waals surface area contributed by atoms with Crippen LogP contribution in [-0.4, -0.2) is 22.6 Å². The van der Waals surface area contributed by atoms with Gasteiger partial charge in [0.1, 0.15) is 5.60 Å². The highest BCUT2D eigenvalue weighted by Gasteiger charge is 2.52. The molecule has 3 unspecified atom stereocenters. The smallest absolute Gasteiger partial charge is 0.309 e. The number of aliphatic carboxylic acids is 1. The minimum Gasteiger partial charge on any atom is -0.481 e. The zero-order valence-electron chi connectivity index (χ0n) is 34.6. The zero-order valence-corrected chi connectivity index (χ0v) is 34.6. The highest BCUT2D eigenvalue weighted by Crippen LogP contribution is 2.53. The van der Waals surface area contributed by atoms with E-state index in [1.54, 1.807) is 0 Å². The number of rotatable bonds is 35. The average Bonchev–Trinajstić information content (AvgIpc) is 3.13. The molecule has 0 aromatic rings. The van der Waals surface area contributed by atoms with Crippen LogP contribution in [0.1, 0.15) is 259 Å². The van der Waals surface area contributed by atoms with Crippen molar-refractivity contribution in [1.29, 1.82) is 0 Å². The predicted octanol–water partition coefficient (Wildman–Crippen LogP) is 15.3. The van der Waals surface area contributed by atoms with Crippen molar-refractivity contribution >= 4 is 11.9 Å². The zero-order chi connectivity index (χ0) is 36.8. The number of ether oxygens (including phenoxy) is 1. The van der Waals surface area contributed by atoms with Crippen molar-refractivity contribution in [2.45, 2.75) is 265 Å². The lowest BCUT2D eigenvalue weighted by Crippen LogP contribution is -2.52. The second kappa shape index (κ2) is 30.4. The molecule has 1 saturated carbocycles. The summed E-state index contributed by atoms with van der Waals surface area (Å²) < 4.78 is 7.06. The van der Waals surface area contributed by atoms with E-state index in [0.717, 1.165) is 38.5 Å². The molecule has 1 aliphatic carbocycles. The SMILES string of the molecule is CCCCCCCCCCC(CCCCCCCCCC)(CCCCCCCCCC)C(CC)(CCCC)OC(=O)C1CCCC(C(=O)O)C1. The van der Waals surface area contributed by atoms with Gasteiger partial charge in [0.15, 0.2) is 0 Å². The summed E-state index contributed by atoms with van der Waals surface area (Å²) in [6, 6.07) is 0. The normalized spacial score (nSPS) is 17.9. The topological polar surface area (TPSA) is 63.6 Å². The van der Waals surface area contributed by atoms with E-state index in [1.165, 1.54) is 173 Å². The quantitative estimate of drug-likeness (QED) is 0.0527. The fraction of sp³-hybridized carbons (Fsp3) is 0.957. The van der Waals surface area contributed by atoms with Gasteiger partial charge in [-0.05, 0) is 57.8 Å². The van der Waals surface area contributed by atoms with Gasteiger partial charge in [0.25, 0.3) is 0 Å². The van der Waals surface area contributed by atoms with Crippen molar-refractivity contribution in [2.24, 2.45) is 17.3 Å². The molecule has 1 rings (SSSR count). The van der Waals surface area contributed by atoms with Gasteiger partial charge in [-0.25, -0.2) is 0 Å². The maximum absolute atomic E-state index is 14.2. The molecule has 4 heteroatoms. The van der Waals surface area contributed by atoms with E-state index in [-0.39, 0.29) is 17.3 Å². The van der Waals surface area contributed by atoms with E-state index >= 15 is 0 Å². The fourth-order valence-electron chi connectivity index (χ4n) is 9.27. The van der Waals surface area contributed by atoms with Crippen LogP contribution in [0.15, 0.2) is 0 Å². The third-order valence-electron chi connectivity index (χ3n) is 12.7. The molecule has 0 amide bonds. The molecule has 3 atom stereocenters. The second-order valence-electron chi connectivity index (χ2n) is 16.7. The molecule has 1 fully saturated rings. The Morgan fingerprint density at radius 1 is 0.500 bits per heavy atom. The highest BCUT2D eigenvalue weighted by atomic mass is 16.6. The van der Waals surface area contributed by atoms with Crippen LogP contribution < -0.4 is 0 Å². The largest absolute Gasteiger partial charge is 0.481 e. The summed E-state index contributed by atoms with van der Waals surface area (Å²) in [4.78, 5) is 26.2. The van der Waals surface area contributed by atoms with E-state index in [1.807, 2.05) is 0 Å². The van der Waals surface area contributed by atoms with E-state index in [2.05, 4.69) is 34.6 Å². The molecule has 0 spiro atoms. The Labute approximate surface area is 312 Å². The van der Waals surface area contributed by atoms with Crippen molar-refractivity contribution in [3.8, 4) is 0 Å². The van der Waals surface area contributed by atoms with Gasteiger partial charge < -0.3 is 9.84 Å². The summed E-state index contributed by atoms with van der Waals surface area (Å²) >= 11 is 0. The van der Waals surface area contributed by atoms with Crippen LogP contribution >= 0.6 is 0 Å². The lowest BCUT2D eigenvalue weighted by atomic mass is 9.60. The number of carbonyl (C=O) groups excluding carboxylic acids is 1. The highest BCUT2D eigenvalue weighted by molar-refractivity contribution is 5.76. The van der Waals surface area contributed by atoms with E-state index in [0.29, 0.717) is 12.8 Å². The molecule has 1 aliphatic rings. The fourth-order valence-corrected chi connectivity index (χ4v) is 9.27. The second-order valence-corrected chi connectivity index (χ2v) is 16.7. The Bertz CT molecular complexity index is 758. The summed E-state index contributed by atoms with van der Waals surface area (Å²) in [5, 5.41) is 9.81. The Hall–Kier alpha value is -1.06. The summed E-state index contributed by atoms with van der Waals surface area (Å²) in [6.07, 6.45) is 42.0. The standard InChI is InChI=1S/C46H88O4/c1-6-11-15-18-21-24-27-30-36-45(37-31-28-25-22-19-16-12-7-2,38-32-29-26-23-20-17-13-8-3)46(10-5,39-14-9-4)50-44(49)42-35-33-34-41(40-42)43(47)48/h41-42H,6-40H2,1-5H3,(H,47,48). The van der Waals surface area contributed by atoms with Gasteiger partial charge in [-0.1, -0.05) is 202 Å². The van der Waals surface area contributed by atoms with E-state index < -0.39 is 17.5 Å². The molecule has 50 heavy (non-hydrogen) atoms. The van der Waals surface area contributed by atoms with Crippen molar-refractivity contribution < 1.29 is 19.4 Å². The van der Waals surface area contributed by atoms with Crippen molar-refractivity contribution in [1.82, 2.24) is 0 Å². The van der Waals surface area contributed by atoms with Gasteiger partial charge in [-0.3, -0.25) is 9.59 Å². The monoisotopic (exact) mass is 705 g/mol. The van der Waals surface area contributed by atoms with Gasteiger partial charge in [0.05, 0.1) is 11.8 Å². The van der Waals surface area contributed by atoms with Gasteiger partial charge >= 0.3 is 11.9 Å². The Morgan fingerprint density at radius 2 is 0.860 bits per heavy atom. The number of carboxylic acid groups (broad SMARTS) is 1. The van der Waals surface area contributed by atoms with Gasteiger partial charge in [-0.2, -0.15) is 0 Å². The molecule has 0 aliphatic heterocycles. The van der Waals surface area contributed by atoms with Crippen LogP contribution in [0.5, 0.6) is 0 Å². The third kappa shape index (κ3) is 19.1. The number of esters is 1. The Kier molecular flexibility index (Phi) is 28.6. The molecule has 0 aromatic heterocycles. The molecule has 4 nitrogen and oxygen atoms in total. The minimum atomic E-state index is -0.747. The Balaban J connectivity index is 3.30. The lowest BCUT2D eigenvalue weighted by Gasteiger charge is -2.51. The molecular formula is C46H88O4. The van der Waals surface area contributed by atoms with Crippen LogP contribution in [0.3, 0.4) is 0 Å². The first-order chi connectivity index (χ1) is 24.3. The van der Waals surface area contributed by atoms with Crippen molar-refractivity contribution in [3.05, 3.63) is 0 Å². The predicted molar refractivity (Wildman–Crippen MR) is 216 cm³/mol. The van der Waals surface area contributed by atoms with Crippen LogP contribution in [0.2, 0.25) is 0 Å². The Morgan fingerprint density at radius 3 is 1.22 bits per heavy atom. The molecule has 1 N–H and O–H groups in total. The maximum atomic E-state index is 14.2. The summed E-state index contributed by atoms with van der Waals surface area (Å²) in [6.45, 7) is 11.5. The summed E-state index contributed by atoms with van der Waals surface area (Å²) in [7, 11) is 0. The maximum Gasteiger partial charge on any atom is 0.309 e. The van der Waals surface area contributed by atoms with E-state index in [9.17, 15) is 14.7 Å². The first-order valence-corrected chi connectivity index (χ1v) is 22.8. The minimum absolute atomic E-state index is 0.0000774. The van der Waals surface area contributed by atoms with Crippen molar-refractivity contribution in [3.63, 3.8) is 0 Å². The first-order valence-electron chi connectivity index (χ1n) is 22.8. The van der Waals surface area contributed by atoms with Crippen LogP contribution in [0, 0.1) is 17.3 Å². The molecule has 0 saturated heterocycles. The molecule has 296 valence electrons. The number of hydrogen-bond donors (Lipinski definition) is 1. The molecular weight excluding hydrogens is 617 g/mol. The summed E-state index contributed by atoms with van der Waals surface area (Å²) in [5.41, 5.74) is -0.459. The first kappa shape index (κ1) is 47.0. The molecule has 0 heterocycles. The number of carbonyl (C=O) groups is 2. The van der Waals surface area contributed by atoms with E-state index in [4.69, 9.17) is 4.74 Å². The van der Waals surface area contributed by atoms with Crippen LogP contribution in [0.4, 0.5) is 0 Å².